The van der Waals surface area contributed by atoms with Crippen molar-refractivity contribution in [1.29, 1.82) is 0 Å². The fraction of sp³-hybridized carbons (Fsp3) is 0.138. The second-order valence-electron chi connectivity index (χ2n) is 9.19. The Morgan fingerprint density at radius 1 is 0.875 bits per heavy atom. The topological polar surface area (TPSA) is 66.9 Å². The molecule has 1 unspecified atom stereocenters. The molecule has 1 aliphatic heterocycles. The first-order valence-electron chi connectivity index (χ1n) is 12.1. The van der Waals surface area contributed by atoms with Crippen LogP contribution in [-0.4, -0.2) is 25.3 Å². The fourth-order valence-corrected chi connectivity index (χ4v) is 5.88. The zero-order valence-corrected chi connectivity index (χ0v) is 22.5. The number of carbonyl (C=O) groups excluding carboxylic acids is 1. The maximum Gasteiger partial charge on any atom is 0.416 e. The van der Waals surface area contributed by atoms with E-state index in [0.717, 1.165) is 17.7 Å². The molecule has 6 nitrogen and oxygen atoms in total. The van der Waals surface area contributed by atoms with Crippen molar-refractivity contribution in [1.82, 2.24) is 4.31 Å². The van der Waals surface area contributed by atoms with Crippen LogP contribution in [-0.2, 0) is 16.2 Å². The Hall–Kier alpha value is -4.02. The van der Waals surface area contributed by atoms with Gasteiger partial charge in [0.05, 0.1) is 23.0 Å². The third-order valence-corrected chi connectivity index (χ3v) is 8.45. The van der Waals surface area contributed by atoms with Crippen molar-refractivity contribution in [3.8, 4) is 11.5 Å². The first-order valence-corrected chi connectivity index (χ1v) is 13.9. The molecule has 0 N–H and O–H groups in total. The van der Waals surface area contributed by atoms with Crippen LogP contribution in [0.1, 0.15) is 22.7 Å². The van der Waals surface area contributed by atoms with Crippen molar-refractivity contribution < 1.29 is 31.1 Å². The molecule has 0 aromatic heterocycles. The number of hydrogen-bond donors (Lipinski definition) is 0. The predicted octanol–water partition coefficient (Wildman–Crippen LogP) is 7.83. The van der Waals surface area contributed by atoms with Gasteiger partial charge in [-0.25, -0.2) is 17.5 Å². The highest BCUT2D eigenvalue weighted by atomic mass is 35.5. The van der Waals surface area contributed by atoms with Gasteiger partial charge in [0, 0.05) is 10.7 Å². The maximum atomic E-state index is 13.7. The van der Waals surface area contributed by atoms with Gasteiger partial charge in [0.15, 0.2) is 0 Å². The number of alkyl halides is 3. The number of aryl methyl sites for hydroxylation is 1. The van der Waals surface area contributed by atoms with Crippen molar-refractivity contribution in [2.75, 3.05) is 11.4 Å². The molecule has 0 radical (unpaired) electrons. The molecule has 1 heterocycles. The number of sulfonamides is 1. The Morgan fingerprint density at radius 2 is 1.48 bits per heavy atom. The van der Waals surface area contributed by atoms with E-state index in [2.05, 4.69) is 0 Å². The zero-order valence-electron chi connectivity index (χ0n) is 21.0. The summed E-state index contributed by atoms with van der Waals surface area (Å²) >= 11 is 5.91. The third-order valence-electron chi connectivity index (χ3n) is 6.44. The average molecular weight is 587 g/mol. The lowest BCUT2D eigenvalue weighted by molar-refractivity contribution is -0.137. The summed E-state index contributed by atoms with van der Waals surface area (Å²) in [5.41, 5.74) is 0.365. The molecule has 4 aromatic rings. The van der Waals surface area contributed by atoms with Crippen molar-refractivity contribution in [3.63, 3.8) is 0 Å². The van der Waals surface area contributed by atoms with Crippen molar-refractivity contribution >= 4 is 33.3 Å². The van der Waals surface area contributed by atoms with Crippen LogP contribution in [0.5, 0.6) is 11.5 Å². The average Bonchev–Trinajstić information content (AvgIpc) is 3.28. The molecule has 1 atom stereocenters. The highest BCUT2D eigenvalue weighted by molar-refractivity contribution is 7.89. The van der Waals surface area contributed by atoms with Crippen LogP contribution in [0.4, 0.5) is 23.7 Å². The van der Waals surface area contributed by atoms with Gasteiger partial charge in [-0.1, -0.05) is 41.4 Å². The van der Waals surface area contributed by atoms with E-state index in [1.165, 1.54) is 29.2 Å². The number of ether oxygens (including phenoxy) is 1. The lowest BCUT2D eigenvalue weighted by Crippen LogP contribution is -2.36. The Morgan fingerprint density at radius 3 is 2.08 bits per heavy atom. The smallest absolute Gasteiger partial charge is 0.416 e. The summed E-state index contributed by atoms with van der Waals surface area (Å²) in [6, 6.07) is 21.6. The van der Waals surface area contributed by atoms with Crippen LogP contribution < -0.4 is 9.64 Å². The Bertz CT molecular complexity index is 1640. The lowest BCUT2D eigenvalue weighted by Gasteiger charge is -2.24. The summed E-state index contributed by atoms with van der Waals surface area (Å²) in [5, 5.41) is 0.543. The molecule has 5 rings (SSSR count). The van der Waals surface area contributed by atoms with E-state index in [1.54, 1.807) is 67.6 Å². The monoisotopic (exact) mass is 586 g/mol. The second kappa shape index (κ2) is 10.5. The standard InChI is InChI=1S/C29H22ClF3N2O4S/c1-19-5-15-26(16-6-19)40(37,38)34-18-27(20-3-2-4-21(17-20)29(31,32)33)35(28(34)36)23-9-13-25(14-10-23)39-24-11-7-22(30)8-12-24/h2-17,27H,18H2,1H3. The number of rotatable bonds is 6. The number of hydrogen-bond acceptors (Lipinski definition) is 4. The van der Waals surface area contributed by atoms with E-state index in [9.17, 15) is 26.4 Å². The number of carbonyl (C=O) groups is 1. The van der Waals surface area contributed by atoms with Crippen LogP contribution >= 0.6 is 11.6 Å². The highest BCUT2D eigenvalue weighted by Crippen LogP contribution is 2.40. The van der Waals surface area contributed by atoms with Crippen molar-refractivity contribution in [2.24, 2.45) is 0 Å². The molecule has 206 valence electrons. The Kier molecular flexibility index (Phi) is 7.24. The highest BCUT2D eigenvalue weighted by Gasteiger charge is 2.46. The minimum Gasteiger partial charge on any atom is -0.457 e. The summed E-state index contributed by atoms with van der Waals surface area (Å²) in [6.07, 6.45) is -4.61. The largest absolute Gasteiger partial charge is 0.457 e. The Balaban J connectivity index is 1.52. The first-order chi connectivity index (χ1) is 18.9. The molecule has 0 aliphatic carbocycles. The molecular formula is C29H22ClF3N2O4S. The van der Waals surface area contributed by atoms with Gasteiger partial charge in [-0.15, -0.1) is 0 Å². The van der Waals surface area contributed by atoms with E-state index in [4.69, 9.17) is 16.3 Å². The lowest BCUT2D eigenvalue weighted by atomic mass is 10.0. The predicted molar refractivity (Wildman–Crippen MR) is 145 cm³/mol. The van der Waals surface area contributed by atoms with Crippen molar-refractivity contribution in [2.45, 2.75) is 24.0 Å². The van der Waals surface area contributed by atoms with E-state index in [1.807, 2.05) is 0 Å². The molecule has 1 aliphatic rings. The molecule has 40 heavy (non-hydrogen) atoms. The molecule has 11 heteroatoms. The number of halogens is 4. The number of urea groups is 1. The van der Waals surface area contributed by atoms with E-state index in [-0.39, 0.29) is 22.7 Å². The fourth-order valence-electron chi connectivity index (χ4n) is 4.39. The summed E-state index contributed by atoms with van der Waals surface area (Å²) in [6.45, 7) is 1.42. The van der Waals surface area contributed by atoms with E-state index < -0.39 is 33.8 Å². The molecule has 0 spiro atoms. The Labute approximate surface area is 234 Å². The van der Waals surface area contributed by atoms with Crippen LogP contribution in [0.2, 0.25) is 5.02 Å². The minimum atomic E-state index is -4.61. The first kappa shape index (κ1) is 27.5. The molecule has 1 fully saturated rings. The zero-order chi connectivity index (χ0) is 28.7. The van der Waals surface area contributed by atoms with Crippen molar-refractivity contribution in [3.05, 3.63) is 119 Å². The molecule has 0 bridgehead atoms. The van der Waals surface area contributed by atoms with Crippen LogP contribution in [0.25, 0.3) is 0 Å². The molecular weight excluding hydrogens is 565 g/mol. The maximum absolute atomic E-state index is 13.7. The van der Waals surface area contributed by atoms with Gasteiger partial charge in [-0.3, -0.25) is 4.90 Å². The number of amides is 2. The van der Waals surface area contributed by atoms with Crippen LogP contribution in [0.3, 0.4) is 0 Å². The van der Waals surface area contributed by atoms with Gasteiger partial charge in [0.1, 0.15) is 11.5 Å². The number of benzene rings is 4. The van der Waals surface area contributed by atoms with Gasteiger partial charge < -0.3 is 4.74 Å². The summed E-state index contributed by atoms with van der Waals surface area (Å²) in [7, 11) is -4.29. The molecule has 4 aromatic carbocycles. The van der Waals surface area contributed by atoms with Gasteiger partial charge in [0.25, 0.3) is 10.0 Å². The normalized spacial score (nSPS) is 15.9. The van der Waals surface area contributed by atoms with E-state index in [0.29, 0.717) is 20.8 Å². The van der Waals surface area contributed by atoms with E-state index >= 15 is 0 Å². The van der Waals surface area contributed by atoms with Gasteiger partial charge in [0.2, 0.25) is 0 Å². The SMILES string of the molecule is Cc1ccc(S(=O)(=O)N2CC(c3cccc(C(F)(F)F)c3)N(c3ccc(Oc4ccc(Cl)cc4)cc3)C2=O)cc1. The summed E-state index contributed by atoms with van der Waals surface area (Å²) in [5.74, 6) is 0.948. The third kappa shape index (κ3) is 5.50. The quantitative estimate of drug-likeness (QED) is 0.231. The minimum absolute atomic E-state index is 0.0946. The van der Waals surface area contributed by atoms with Crippen LogP contribution in [0, 0.1) is 6.92 Å². The summed E-state index contributed by atoms with van der Waals surface area (Å²) in [4.78, 5) is 14.8. The van der Waals surface area contributed by atoms with Gasteiger partial charge in [-0.05, 0) is 85.3 Å². The van der Waals surface area contributed by atoms with Gasteiger partial charge in [-0.2, -0.15) is 13.2 Å². The number of anilines is 1. The molecule has 0 saturated carbocycles. The second-order valence-corrected chi connectivity index (χ2v) is 11.5. The molecule has 2 amide bonds. The van der Waals surface area contributed by atoms with Crippen LogP contribution in [0.15, 0.2) is 102 Å². The summed E-state index contributed by atoms with van der Waals surface area (Å²) < 4.78 is 74.0. The van der Waals surface area contributed by atoms with Gasteiger partial charge >= 0.3 is 12.2 Å². The number of nitrogens with zero attached hydrogens (tertiary/aromatic N) is 2. The molecule has 1 saturated heterocycles.